The van der Waals surface area contributed by atoms with Crippen LogP contribution in [0.1, 0.15) is 35.5 Å². The Morgan fingerprint density at radius 3 is 2.70 bits per heavy atom. The molecule has 3 rings (SSSR count). The van der Waals surface area contributed by atoms with Crippen LogP contribution in [0.4, 0.5) is 0 Å². The maximum atomic E-state index is 12.2. The number of carbonyl (C=O) groups is 2. The fourth-order valence-corrected chi connectivity index (χ4v) is 2.86. The van der Waals surface area contributed by atoms with Crippen molar-refractivity contribution >= 4 is 17.7 Å². The second-order valence-electron chi connectivity index (χ2n) is 6.27. The average molecular weight is 367 g/mol. The molecule has 0 spiro atoms. The number of aromatic nitrogens is 4. The van der Waals surface area contributed by atoms with E-state index < -0.39 is 5.97 Å². The van der Waals surface area contributed by atoms with Crippen LogP contribution >= 0.6 is 0 Å². The second-order valence-corrected chi connectivity index (χ2v) is 6.27. The molecule has 0 aliphatic carbocycles. The predicted octanol–water partition coefficient (Wildman–Crippen LogP) is 1.70. The van der Waals surface area contributed by atoms with Crippen LogP contribution in [-0.4, -0.2) is 38.1 Å². The van der Waals surface area contributed by atoms with E-state index in [4.69, 9.17) is 4.74 Å². The van der Waals surface area contributed by atoms with Crippen molar-refractivity contribution < 1.29 is 14.3 Å². The average Bonchev–Trinajstić information content (AvgIpc) is 3.12. The minimum Gasteiger partial charge on any atom is -0.455 e. The highest BCUT2D eigenvalue weighted by atomic mass is 16.5. The van der Waals surface area contributed by atoms with Gasteiger partial charge in [0.05, 0.1) is 12.5 Å². The van der Waals surface area contributed by atoms with Gasteiger partial charge in [0, 0.05) is 17.0 Å². The lowest BCUT2D eigenvalue weighted by atomic mass is 10.1. The Balaban J connectivity index is 1.56. The van der Waals surface area contributed by atoms with Gasteiger partial charge in [0.1, 0.15) is 6.33 Å². The third kappa shape index (κ3) is 4.28. The Labute approximate surface area is 156 Å². The van der Waals surface area contributed by atoms with Crippen LogP contribution in [0.2, 0.25) is 0 Å². The Hall–Kier alpha value is -3.29. The second kappa shape index (κ2) is 7.94. The number of nitrogens with zero attached hydrogens (tertiary/aromatic N) is 4. The zero-order valence-electron chi connectivity index (χ0n) is 15.5. The lowest BCUT2D eigenvalue weighted by molar-refractivity contribution is -0.148. The van der Waals surface area contributed by atoms with Crippen molar-refractivity contribution in [1.29, 1.82) is 0 Å². The first-order chi connectivity index (χ1) is 13.0. The third-order valence-electron chi connectivity index (χ3n) is 4.35. The number of hydrogen-bond donors (Lipinski definition) is 1. The molecule has 0 saturated heterocycles. The number of ether oxygens (including phenoxy) is 1. The summed E-state index contributed by atoms with van der Waals surface area (Å²) in [5.41, 5.74) is 3.16. The van der Waals surface area contributed by atoms with Crippen LogP contribution in [0.25, 0.3) is 5.78 Å². The molecular formula is C19H21N5O3. The SMILES string of the molecule is Cc1nc2ncnn2c(C)c1CC(=O)OCC(=O)N[C@H](C)c1ccccc1. The lowest BCUT2D eigenvalue weighted by Gasteiger charge is -2.14. The van der Waals surface area contributed by atoms with Crippen LogP contribution < -0.4 is 5.32 Å². The molecule has 8 nitrogen and oxygen atoms in total. The molecule has 1 atom stereocenters. The molecule has 1 N–H and O–H groups in total. The normalized spacial score (nSPS) is 12.0. The van der Waals surface area contributed by atoms with E-state index in [-0.39, 0.29) is 25.0 Å². The molecule has 8 heteroatoms. The van der Waals surface area contributed by atoms with E-state index in [0.717, 1.165) is 16.8 Å². The Bertz CT molecular complexity index is 968. The highest BCUT2D eigenvalue weighted by molar-refractivity contribution is 5.81. The van der Waals surface area contributed by atoms with Crippen LogP contribution in [0, 0.1) is 13.8 Å². The molecule has 27 heavy (non-hydrogen) atoms. The van der Waals surface area contributed by atoms with Gasteiger partial charge < -0.3 is 10.1 Å². The monoisotopic (exact) mass is 367 g/mol. The molecule has 2 heterocycles. The zero-order valence-corrected chi connectivity index (χ0v) is 15.5. The van der Waals surface area contributed by atoms with E-state index in [1.165, 1.54) is 6.33 Å². The van der Waals surface area contributed by atoms with Crippen LogP contribution in [-0.2, 0) is 20.7 Å². The minimum absolute atomic E-state index is 0.0159. The highest BCUT2D eigenvalue weighted by Gasteiger charge is 2.17. The van der Waals surface area contributed by atoms with E-state index in [9.17, 15) is 9.59 Å². The summed E-state index contributed by atoms with van der Waals surface area (Å²) in [6.07, 6.45) is 1.43. The molecule has 0 bridgehead atoms. The number of carbonyl (C=O) groups excluding carboxylic acids is 2. The van der Waals surface area contributed by atoms with Gasteiger partial charge in [-0.25, -0.2) is 9.50 Å². The maximum absolute atomic E-state index is 12.2. The van der Waals surface area contributed by atoms with E-state index in [1.807, 2.05) is 44.2 Å². The summed E-state index contributed by atoms with van der Waals surface area (Å²) in [7, 11) is 0. The smallest absolute Gasteiger partial charge is 0.310 e. The van der Waals surface area contributed by atoms with Gasteiger partial charge in [-0.05, 0) is 26.3 Å². The van der Waals surface area contributed by atoms with Crippen molar-refractivity contribution in [1.82, 2.24) is 24.9 Å². The molecule has 3 aromatic rings. The summed E-state index contributed by atoms with van der Waals surface area (Å²) in [6.45, 7) is 5.19. The highest BCUT2D eigenvalue weighted by Crippen LogP contribution is 2.14. The molecule has 0 aliphatic rings. The minimum atomic E-state index is -0.495. The quantitative estimate of drug-likeness (QED) is 0.666. The Morgan fingerprint density at radius 2 is 1.96 bits per heavy atom. The largest absolute Gasteiger partial charge is 0.455 e. The topological polar surface area (TPSA) is 98.5 Å². The summed E-state index contributed by atoms with van der Waals surface area (Å²) in [4.78, 5) is 32.6. The summed E-state index contributed by atoms with van der Waals surface area (Å²) in [6, 6.07) is 9.41. The van der Waals surface area contributed by atoms with E-state index in [0.29, 0.717) is 11.5 Å². The molecule has 1 amide bonds. The Morgan fingerprint density at radius 1 is 1.22 bits per heavy atom. The van der Waals surface area contributed by atoms with E-state index in [1.54, 1.807) is 11.4 Å². The van der Waals surface area contributed by atoms with Crippen molar-refractivity contribution in [3.05, 3.63) is 59.2 Å². The first kappa shape index (κ1) is 18.5. The van der Waals surface area contributed by atoms with Crippen LogP contribution in [0.5, 0.6) is 0 Å². The number of amides is 1. The van der Waals surface area contributed by atoms with Gasteiger partial charge in [-0.2, -0.15) is 10.1 Å². The van der Waals surface area contributed by atoms with Gasteiger partial charge in [-0.1, -0.05) is 30.3 Å². The van der Waals surface area contributed by atoms with Crippen molar-refractivity contribution in [2.45, 2.75) is 33.2 Å². The van der Waals surface area contributed by atoms with Gasteiger partial charge in [-0.3, -0.25) is 9.59 Å². The zero-order chi connectivity index (χ0) is 19.4. The van der Waals surface area contributed by atoms with Gasteiger partial charge in [-0.15, -0.1) is 0 Å². The molecule has 1 aromatic carbocycles. The molecule has 0 saturated carbocycles. The molecule has 0 aliphatic heterocycles. The molecule has 2 aromatic heterocycles. The van der Waals surface area contributed by atoms with Crippen molar-refractivity contribution in [3.8, 4) is 0 Å². The van der Waals surface area contributed by atoms with Gasteiger partial charge in [0.2, 0.25) is 0 Å². The number of fused-ring (bicyclic) bond motifs is 1. The summed E-state index contributed by atoms with van der Waals surface area (Å²) in [5, 5.41) is 6.90. The molecular weight excluding hydrogens is 346 g/mol. The van der Waals surface area contributed by atoms with E-state index in [2.05, 4.69) is 20.4 Å². The fraction of sp³-hybridized carbons (Fsp3) is 0.316. The molecule has 0 unspecified atom stereocenters. The summed E-state index contributed by atoms with van der Waals surface area (Å²) in [5.74, 6) is -0.362. The lowest BCUT2D eigenvalue weighted by Crippen LogP contribution is -2.31. The predicted molar refractivity (Wildman–Crippen MR) is 97.9 cm³/mol. The number of aryl methyl sites for hydroxylation is 2. The Kier molecular flexibility index (Phi) is 5.44. The maximum Gasteiger partial charge on any atom is 0.310 e. The summed E-state index contributed by atoms with van der Waals surface area (Å²) >= 11 is 0. The molecule has 0 fully saturated rings. The van der Waals surface area contributed by atoms with Gasteiger partial charge in [0.15, 0.2) is 6.61 Å². The third-order valence-corrected chi connectivity index (χ3v) is 4.35. The number of rotatable bonds is 6. The summed E-state index contributed by atoms with van der Waals surface area (Å²) < 4.78 is 6.70. The van der Waals surface area contributed by atoms with E-state index >= 15 is 0 Å². The molecule has 140 valence electrons. The molecule has 0 radical (unpaired) electrons. The van der Waals surface area contributed by atoms with Gasteiger partial charge in [0.25, 0.3) is 11.7 Å². The first-order valence-electron chi connectivity index (χ1n) is 8.61. The number of benzene rings is 1. The van der Waals surface area contributed by atoms with Crippen molar-refractivity contribution in [3.63, 3.8) is 0 Å². The number of esters is 1. The van der Waals surface area contributed by atoms with Crippen LogP contribution in [0.15, 0.2) is 36.7 Å². The fourth-order valence-electron chi connectivity index (χ4n) is 2.86. The number of hydrogen-bond acceptors (Lipinski definition) is 6. The van der Waals surface area contributed by atoms with Gasteiger partial charge >= 0.3 is 5.97 Å². The first-order valence-corrected chi connectivity index (χ1v) is 8.61. The van der Waals surface area contributed by atoms with Crippen LogP contribution in [0.3, 0.4) is 0 Å². The van der Waals surface area contributed by atoms with Crippen molar-refractivity contribution in [2.24, 2.45) is 0 Å². The number of nitrogens with one attached hydrogen (secondary N) is 1. The van der Waals surface area contributed by atoms with Crippen molar-refractivity contribution in [2.75, 3.05) is 6.61 Å². The standard InChI is InChI=1S/C19H21N5O3/c1-12(15-7-5-4-6-8-15)22-17(25)10-27-18(26)9-16-13(2)23-19-20-11-21-24(19)14(16)3/h4-8,11-12H,9-10H2,1-3H3,(H,22,25)/t12-/m1/s1.